The van der Waals surface area contributed by atoms with Crippen LogP contribution in [0, 0.1) is 19.7 Å². The van der Waals surface area contributed by atoms with E-state index in [2.05, 4.69) is 10.1 Å². The molecule has 3 rings (SSSR count). The third-order valence-corrected chi connectivity index (χ3v) is 4.46. The minimum Gasteiger partial charge on any atom is -0.360 e. The highest BCUT2D eigenvalue weighted by Gasteiger charge is 2.21. The number of pyridine rings is 1. The van der Waals surface area contributed by atoms with Gasteiger partial charge in [0.25, 0.3) is 0 Å². The van der Waals surface area contributed by atoms with Gasteiger partial charge in [0.1, 0.15) is 22.2 Å². The summed E-state index contributed by atoms with van der Waals surface area (Å²) in [4.78, 5) is 3.83. The third-order valence-electron chi connectivity index (χ3n) is 3.52. The van der Waals surface area contributed by atoms with Crippen molar-refractivity contribution in [3.05, 3.63) is 53.7 Å². The molecule has 0 bridgehead atoms. The molecule has 2 heterocycles. The molecule has 0 aliphatic carbocycles. The first-order valence-corrected chi connectivity index (χ1v) is 8.55. The lowest BCUT2D eigenvalue weighted by Crippen LogP contribution is -2.13. The van der Waals surface area contributed by atoms with Crippen LogP contribution in [0.1, 0.15) is 11.5 Å². The number of sulfonamides is 1. The second-order valence-corrected chi connectivity index (χ2v) is 6.85. The van der Waals surface area contributed by atoms with Crippen LogP contribution in [0.2, 0.25) is 0 Å². The summed E-state index contributed by atoms with van der Waals surface area (Å²) in [6, 6.07) is 9.12. The number of rotatable bonds is 3. The van der Waals surface area contributed by atoms with Gasteiger partial charge in [0.05, 0.1) is 11.3 Å². The molecule has 8 heteroatoms. The van der Waals surface area contributed by atoms with Crippen LogP contribution in [0.4, 0.5) is 4.39 Å². The highest BCUT2D eigenvalue weighted by atomic mass is 32.2. The van der Waals surface area contributed by atoms with Crippen LogP contribution in [-0.4, -0.2) is 18.6 Å². The minimum atomic E-state index is -4.12. The van der Waals surface area contributed by atoms with E-state index in [1.165, 1.54) is 6.07 Å². The van der Waals surface area contributed by atoms with E-state index in [4.69, 9.17) is 9.66 Å². The number of primary sulfonamides is 1. The summed E-state index contributed by atoms with van der Waals surface area (Å²) in [6.45, 7) is 3.53. The Kier molecular flexibility index (Phi) is 3.94. The average molecular weight is 347 g/mol. The molecule has 0 saturated carbocycles. The molecule has 0 saturated heterocycles. The van der Waals surface area contributed by atoms with Gasteiger partial charge in [-0.15, -0.1) is 0 Å². The number of nitrogens with zero attached hydrogens (tertiary/aromatic N) is 2. The SMILES string of the molecule is Cc1cccc(-c2noc(C)c2-c2ccc(S(N)(=O)=O)c(F)c2)n1. The number of aryl methyl sites for hydroxylation is 2. The molecule has 0 fully saturated rings. The Bertz CT molecular complexity index is 1030. The van der Waals surface area contributed by atoms with Crippen molar-refractivity contribution < 1.29 is 17.3 Å². The Morgan fingerprint density at radius 3 is 2.54 bits per heavy atom. The lowest BCUT2D eigenvalue weighted by atomic mass is 10.0. The summed E-state index contributed by atoms with van der Waals surface area (Å²) < 4.78 is 42.1. The standard InChI is InChI=1S/C16H14FN3O3S/c1-9-4-3-5-13(19-9)16-15(10(2)23-20-16)11-6-7-14(12(17)8-11)24(18,21)22/h3-8H,1-2H3,(H2,18,21,22). The van der Waals surface area contributed by atoms with Crippen molar-refractivity contribution in [3.8, 4) is 22.5 Å². The molecular weight excluding hydrogens is 333 g/mol. The number of aromatic nitrogens is 2. The lowest BCUT2D eigenvalue weighted by Gasteiger charge is -2.06. The van der Waals surface area contributed by atoms with Gasteiger partial charge in [0, 0.05) is 5.69 Å². The summed E-state index contributed by atoms with van der Waals surface area (Å²) in [5, 5.41) is 8.99. The molecular formula is C16H14FN3O3S. The van der Waals surface area contributed by atoms with Crippen LogP contribution >= 0.6 is 0 Å². The fourth-order valence-electron chi connectivity index (χ4n) is 2.45. The van der Waals surface area contributed by atoms with Crippen molar-refractivity contribution in [2.24, 2.45) is 5.14 Å². The molecule has 124 valence electrons. The van der Waals surface area contributed by atoms with Crippen LogP contribution in [0.25, 0.3) is 22.5 Å². The van der Waals surface area contributed by atoms with Gasteiger partial charge in [-0.05, 0) is 43.7 Å². The maximum absolute atomic E-state index is 14.1. The van der Waals surface area contributed by atoms with Gasteiger partial charge >= 0.3 is 0 Å². The predicted octanol–water partition coefficient (Wildman–Crippen LogP) is 2.81. The summed E-state index contributed by atoms with van der Waals surface area (Å²) in [7, 11) is -4.12. The van der Waals surface area contributed by atoms with E-state index in [1.54, 1.807) is 13.0 Å². The van der Waals surface area contributed by atoms with Crippen LogP contribution in [0.5, 0.6) is 0 Å². The zero-order chi connectivity index (χ0) is 17.5. The van der Waals surface area contributed by atoms with E-state index >= 15 is 0 Å². The van der Waals surface area contributed by atoms with Crippen molar-refractivity contribution in [2.45, 2.75) is 18.7 Å². The molecule has 6 nitrogen and oxygen atoms in total. The highest BCUT2D eigenvalue weighted by molar-refractivity contribution is 7.89. The number of halogens is 1. The van der Waals surface area contributed by atoms with Gasteiger partial charge in [0.15, 0.2) is 0 Å². The molecule has 0 radical (unpaired) electrons. The van der Waals surface area contributed by atoms with Crippen molar-refractivity contribution in [1.82, 2.24) is 10.1 Å². The van der Waals surface area contributed by atoms with Crippen molar-refractivity contribution in [1.29, 1.82) is 0 Å². The summed E-state index contributed by atoms with van der Waals surface area (Å²) >= 11 is 0. The summed E-state index contributed by atoms with van der Waals surface area (Å²) in [5.74, 6) is -0.463. The van der Waals surface area contributed by atoms with E-state index in [-0.39, 0.29) is 0 Å². The Balaban J connectivity index is 2.18. The average Bonchev–Trinajstić information content (AvgIpc) is 2.87. The first-order chi connectivity index (χ1) is 11.3. The van der Waals surface area contributed by atoms with Crippen LogP contribution < -0.4 is 5.14 Å². The Morgan fingerprint density at radius 1 is 1.17 bits per heavy atom. The van der Waals surface area contributed by atoms with Crippen molar-refractivity contribution in [3.63, 3.8) is 0 Å². The number of benzene rings is 1. The van der Waals surface area contributed by atoms with E-state index in [0.29, 0.717) is 28.3 Å². The molecule has 1 aromatic carbocycles. The molecule has 2 N–H and O–H groups in total. The van der Waals surface area contributed by atoms with Crippen molar-refractivity contribution >= 4 is 10.0 Å². The summed E-state index contributed by atoms with van der Waals surface area (Å²) in [5.41, 5.74) is 2.82. The second-order valence-electron chi connectivity index (χ2n) is 5.32. The van der Waals surface area contributed by atoms with E-state index < -0.39 is 20.7 Å². The van der Waals surface area contributed by atoms with Gasteiger partial charge in [0.2, 0.25) is 10.0 Å². The number of nitrogens with two attached hydrogens (primary N) is 1. The largest absolute Gasteiger partial charge is 0.360 e. The van der Waals surface area contributed by atoms with Gasteiger partial charge in [-0.25, -0.2) is 17.9 Å². The molecule has 0 aliphatic rings. The van der Waals surface area contributed by atoms with Gasteiger partial charge in [-0.3, -0.25) is 4.98 Å². The van der Waals surface area contributed by atoms with Crippen molar-refractivity contribution in [2.75, 3.05) is 0 Å². The third kappa shape index (κ3) is 2.93. The monoisotopic (exact) mass is 347 g/mol. The maximum Gasteiger partial charge on any atom is 0.240 e. The zero-order valence-corrected chi connectivity index (χ0v) is 13.8. The normalized spacial score (nSPS) is 11.7. The van der Waals surface area contributed by atoms with Crippen LogP contribution in [0.3, 0.4) is 0 Å². The molecule has 0 atom stereocenters. The molecule has 0 aliphatic heterocycles. The second kappa shape index (κ2) is 5.81. The quantitative estimate of drug-likeness (QED) is 0.785. The first-order valence-electron chi connectivity index (χ1n) is 7.00. The molecule has 3 aromatic rings. The highest BCUT2D eigenvalue weighted by Crippen LogP contribution is 2.34. The van der Waals surface area contributed by atoms with E-state index in [9.17, 15) is 12.8 Å². The maximum atomic E-state index is 14.1. The van der Waals surface area contributed by atoms with E-state index in [0.717, 1.165) is 17.8 Å². The zero-order valence-electron chi connectivity index (χ0n) is 12.9. The lowest BCUT2D eigenvalue weighted by molar-refractivity contribution is 0.400. The molecule has 0 amide bonds. The van der Waals surface area contributed by atoms with Gasteiger partial charge < -0.3 is 4.52 Å². The Hall–Kier alpha value is -2.58. The Labute approximate surface area is 138 Å². The molecule has 0 unspecified atom stereocenters. The van der Waals surface area contributed by atoms with Gasteiger partial charge in [-0.2, -0.15) is 0 Å². The fourth-order valence-corrected chi connectivity index (χ4v) is 3.04. The van der Waals surface area contributed by atoms with Crippen LogP contribution in [0.15, 0.2) is 45.8 Å². The topological polar surface area (TPSA) is 99.1 Å². The predicted molar refractivity (Wildman–Crippen MR) is 86.0 cm³/mol. The smallest absolute Gasteiger partial charge is 0.240 e. The molecule has 0 spiro atoms. The minimum absolute atomic E-state index is 0.428. The van der Waals surface area contributed by atoms with Crippen LogP contribution in [-0.2, 0) is 10.0 Å². The first kappa shape index (κ1) is 16.3. The molecule has 24 heavy (non-hydrogen) atoms. The van der Waals surface area contributed by atoms with Gasteiger partial charge in [-0.1, -0.05) is 17.3 Å². The summed E-state index contributed by atoms with van der Waals surface area (Å²) in [6.07, 6.45) is 0. The number of hydrogen-bond acceptors (Lipinski definition) is 5. The fraction of sp³-hybridized carbons (Fsp3) is 0.125. The van der Waals surface area contributed by atoms with E-state index in [1.807, 2.05) is 19.1 Å². The Morgan fingerprint density at radius 2 is 1.92 bits per heavy atom. The number of hydrogen-bond donors (Lipinski definition) is 1. The molecule has 2 aromatic heterocycles.